The van der Waals surface area contributed by atoms with Gasteiger partial charge in [-0.2, -0.15) is 0 Å². The number of hydrogen-bond donors (Lipinski definition) is 0. The van der Waals surface area contributed by atoms with Crippen molar-refractivity contribution < 1.29 is 14.3 Å². The predicted molar refractivity (Wildman–Crippen MR) is 149 cm³/mol. The number of benzene rings is 3. The van der Waals surface area contributed by atoms with Gasteiger partial charge in [0.1, 0.15) is 6.54 Å². The van der Waals surface area contributed by atoms with E-state index in [0.717, 1.165) is 21.6 Å². The van der Waals surface area contributed by atoms with E-state index < -0.39 is 0 Å². The second-order valence-electron chi connectivity index (χ2n) is 8.83. The highest BCUT2D eigenvalue weighted by Crippen LogP contribution is 2.20. The maximum Gasteiger partial charge on any atom is 0.254 e. The lowest BCUT2D eigenvalue weighted by atomic mass is 10.0. The molecule has 0 aliphatic carbocycles. The van der Waals surface area contributed by atoms with Crippen LogP contribution in [0.5, 0.6) is 0 Å². The van der Waals surface area contributed by atoms with Crippen molar-refractivity contribution in [1.29, 1.82) is 0 Å². The van der Waals surface area contributed by atoms with Crippen LogP contribution in [0.3, 0.4) is 0 Å². The molecule has 1 heterocycles. The van der Waals surface area contributed by atoms with Gasteiger partial charge in [-0.15, -0.1) is 11.3 Å². The van der Waals surface area contributed by atoms with Gasteiger partial charge in [0.25, 0.3) is 5.91 Å². The van der Waals surface area contributed by atoms with E-state index in [0.29, 0.717) is 38.2 Å². The number of amides is 2. The molecule has 4 rings (SSSR count). The zero-order chi connectivity index (χ0) is 25.9. The third-order valence-electron chi connectivity index (χ3n) is 6.12. The minimum absolute atomic E-state index is 0.0151. The molecule has 0 saturated heterocycles. The fourth-order valence-electron chi connectivity index (χ4n) is 4.16. The summed E-state index contributed by atoms with van der Waals surface area (Å²) in [5.41, 5.74) is 3.77. The summed E-state index contributed by atoms with van der Waals surface area (Å²) < 4.78 is 5.21. The Bertz CT molecular complexity index is 1240. The van der Waals surface area contributed by atoms with Crippen LogP contribution in [0.15, 0.2) is 102 Å². The number of nitrogens with zero attached hydrogens (tertiary/aromatic N) is 2. The van der Waals surface area contributed by atoms with Crippen molar-refractivity contribution in [2.45, 2.75) is 19.5 Å². The van der Waals surface area contributed by atoms with Gasteiger partial charge in [0.05, 0.1) is 6.54 Å². The third kappa shape index (κ3) is 7.62. The maximum atomic E-state index is 13.6. The zero-order valence-corrected chi connectivity index (χ0v) is 21.9. The molecule has 4 aromatic rings. The first kappa shape index (κ1) is 26.3. The van der Waals surface area contributed by atoms with E-state index in [4.69, 9.17) is 4.74 Å². The maximum absolute atomic E-state index is 13.6. The zero-order valence-electron chi connectivity index (χ0n) is 21.1. The van der Waals surface area contributed by atoms with Crippen molar-refractivity contribution in [3.8, 4) is 11.1 Å². The molecular weight excluding hydrogens is 480 g/mol. The number of methoxy groups -OCH3 is 1. The van der Waals surface area contributed by atoms with E-state index >= 15 is 0 Å². The molecule has 0 fully saturated rings. The fraction of sp³-hybridized carbons (Fsp3) is 0.226. The fourth-order valence-corrected chi connectivity index (χ4v) is 4.88. The van der Waals surface area contributed by atoms with E-state index in [2.05, 4.69) is 0 Å². The summed E-state index contributed by atoms with van der Waals surface area (Å²) in [6, 6.07) is 31.6. The molecule has 0 aliphatic heterocycles. The summed E-state index contributed by atoms with van der Waals surface area (Å²) in [4.78, 5) is 31.7. The van der Waals surface area contributed by atoms with Gasteiger partial charge in [-0.1, -0.05) is 78.9 Å². The topological polar surface area (TPSA) is 49.9 Å². The Hall–Kier alpha value is -3.74. The van der Waals surface area contributed by atoms with Crippen LogP contribution in [0.1, 0.15) is 27.2 Å². The minimum atomic E-state index is -0.153. The molecule has 37 heavy (non-hydrogen) atoms. The highest BCUT2D eigenvalue weighted by atomic mass is 32.1. The van der Waals surface area contributed by atoms with Crippen molar-refractivity contribution in [2.75, 3.05) is 26.8 Å². The Morgan fingerprint density at radius 1 is 0.757 bits per heavy atom. The summed E-state index contributed by atoms with van der Waals surface area (Å²) in [6.45, 7) is 1.98. The first-order chi connectivity index (χ1) is 18.1. The highest BCUT2D eigenvalue weighted by molar-refractivity contribution is 7.09. The number of thiophene rings is 1. The summed E-state index contributed by atoms with van der Waals surface area (Å²) in [6.07, 6.45) is 0.654. The average Bonchev–Trinajstić information content (AvgIpc) is 3.46. The second kappa shape index (κ2) is 13.5. The molecule has 5 nitrogen and oxygen atoms in total. The van der Waals surface area contributed by atoms with Crippen molar-refractivity contribution >= 4 is 23.2 Å². The van der Waals surface area contributed by atoms with Gasteiger partial charge in [-0.3, -0.25) is 9.59 Å². The molecule has 0 radical (unpaired) electrons. The van der Waals surface area contributed by atoms with Gasteiger partial charge in [0.2, 0.25) is 5.91 Å². The summed E-state index contributed by atoms with van der Waals surface area (Å²) >= 11 is 1.63. The van der Waals surface area contributed by atoms with E-state index in [1.54, 1.807) is 23.3 Å². The van der Waals surface area contributed by atoms with Crippen LogP contribution in [0.4, 0.5) is 0 Å². The number of carbonyl (C=O) groups excluding carboxylic acids is 2. The monoisotopic (exact) mass is 512 g/mol. The Kier molecular flexibility index (Phi) is 9.63. The first-order valence-electron chi connectivity index (χ1n) is 12.4. The van der Waals surface area contributed by atoms with Gasteiger partial charge in [-0.05, 0) is 46.7 Å². The number of rotatable bonds is 12. The standard InChI is InChI=1S/C31H32N2O3S/c1-36-20-9-19-32(31(35)28-17-15-27(16-18-28)26-12-6-3-7-13-26)24-30(34)33(23-29-14-8-21-37-29)22-25-10-4-2-5-11-25/h2-8,10-18,21H,9,19-20,22-24H2,1H3. The smallest absolute Gasteiger partial charge is 0.254 e. The van der Waals surface area contributed by atoms with Crippen molar-refractivity contribution in [1.82, 2.24) is 9.80 Å². The number of carbonyl (C=O) groups is 2. The lowest BCUT2D eigenvalue weighted by Gasteiger charge is -2.28. The second-order valence-corrected chi connectivity index (χ2v) is 9.86. The van der Waals surface area contributed by atoms with E-state index in [1.807, 2.05) is 107 Å². The normalized spacial score (nSPS) is 10.7. The molecule has 0 N–H and O–H groups in total. The van der Waals surface area contributed by atoms with Gasteiger partial charge in [0, 0.05) is 37.2 Å². The SMILES string of the molecule is COCCCN(CC(=O)N(Cc1ccccc1)Cc1cccs1)C(=O)c1ccc(-c2ccccc2)cc1. The quantitative estimate of drug-likeness (QED) is 0.215. The van der Waals surface area contributed by atoms with Crippen LogP contribution in [-0.2, 0) is 22.6 Å². The Balaban J connectivity index is 1.51. The molecule has 2 amide bonds. The van der Waals surface area contributed by atoms with Gasteiger partial charge in [-0.25, -0.2) is 0 Å². The molecule has 0 atom stereocenters. The van der Waals surface area contributed by atoms with Crippen LogP contribution < -0.4 is 0 Å². The molecule has 1 aromatic heterocycles. The van der Waals surface area contributed by atoms with Gasteiger partial charge in [0.15, 0.2) is 0 Å². The number of hydrogen-bond acceptors (Lipinski definition) is 4. The van der Waals surface area contributed by atoms with Crippen LogP contribution in [0.2, 0.25) is 0 Å². The van der Waals surface area contributed by atoms with Crippen molar-refractivity contribution in [3.05, 3.63) is 118 Å². The highest BCUT2D eigenvalue weighted by Gasteiger charge is 2.23. The molecule has 0 bridgehead atoms. The predicted octanol–water partition coefficient (Wildman–Crippen LogP) is 6.12. The lowest BCUT2D eigenvalue weighted by Crippen LogP contribution is -2.43. The van der Waals surface area contributed by atoms with Crippen LogP contribution in [0, 0.1) is 0 Å². The molecule has 0 saturated carbocycles. The Morgan fingerprint density at radius 2 is 1.43 bits per heavy atom. The molecule has 0 unspecified atom stereocenters. The van der Waals surface area contributed by atoms with E-state index in [9.17, 15) is 9.59 Å². The van der Waals surface area contributed by atoms with E-state index in [1.165, 1.54) is 0 Å². The van der Waals surface area contributed by atoms with Crippen molar-refractivity contribution in [2.24, 2.45) is 0 Å². The summed E-state index contributed by atoms with van der Waals surface area (Å²) in [5, 5.41) is 2.01. The Labute approximate surface area is 222 Å². The number of ether oxygens (including phenoxy) is 1. The molecular formula is C31H32N2O3S. The molecule has 3 aromatic carbocycles. The summed E-state index contributed by atoms with van der Waals surface area (Å²) in [7, 11) is 1.64. The van der Waals surface area contributed by atoms with Crippen LogP contribution >= 0.6 is 11.3 Å². The first-order valence-corrected chi connectivity index (χ1v) is 13.3. The van der Waals surface area contributed by atoms with Crippen LogP contribution in [0.25, 0.3) is 11.1 Å². The molecule has 6 heteroatoms. The largest absolute Gasteiger partial charge is 0.385 e. The minimum Gasteiger partial charge on any atom is -0.385 e. The lowest BCUT2D eigenvalue weighted by molar-refractivity contribution is -0.133. The van der Waals surface area contributed by atoms with Crippen molar-refractivity contribution in [3.63, 3.8) is 0 Å². The third-order valence-corrected chi connectivity index (χ3v) is 6.99. The molecule has 0 spiro atoms. The summed E-state index contributed by atoms with van der Waals surface area (Å²) in [5.74, 6) is -0.233. The van der Waals surface area contributed by atoms with Gasteiger partial charge < -0.3 is 14.5 Å². The average molecular weight is 513 g/mol. The molecule has 190 valence electrons. The van der Waals surface area contributed by atoms with E-state index in [-0.39, 0.29) is 18.4 Å². The van der Waals surface area contributed by atoms with Gasteiger partial charge >= 0.3 is 0 Å². The Morgan fingerprint density at radius 3 is 2.08 bits per heavy atom. The van der Waals surface area contributed by atoms with Crippen LogP contribution in [-0.4, -0.2) is 48.4 Å². The molecule has 0 aliphatic rings.